The minimum absolute atomic E-state index is 0.165. The highest BCUT2D eigenvalue weighted by Gasteiger charge is 2.31. The summed E-state index contributed by atoms with van der Waals surface area (Å²) < 4.78 is 11.3. The molecule has 1 aromatic heterocycles. The van der Waals surface area contributed by atoms with E-state index in [0.29, 0.717) is 6.54 Å². The lowest BCUT2D eigenvalue weighted by Crippen LogP contribution is -2.51. The minimum atomic E-state index is -0.415. The summed E-state index contributed by atoms with van der Waals surface area (Å²) in [6, 6.07) is 3.43. The fourth-order valence-corrected chi connectivity index (χ4v) is 2.58. The number of carbonyl (C=O) groups excluding carboxylic acids is 1. The molecule has 0 spiro atoms. The van der Waals surface area contributed by atoms with Crippen molar-refractivity contribution in [1.29, 1.82) is 0 Å². The smallest absolute Gasteiger partial charge is 0.300 e. The van der Waals surface area contributed by atoms with Gasteiger partial charge in [0.1, 0.15) is 5.76 Å². The SMILES string of the molecule is CC1CN(Cc2ccc(C(=O)NN)o2)CC(C)(C)O1. The van der Waals surface area contributed by atoms with Gasteiger partial charge >= 0.3 is 5.91 Å². The van der Waals surface area contributed by atoms with Crippen molar-refractivity contribution in [2.45, 2.75) is 39.0 Å². The molecule has 0 aliphatic carbocycles. The Morgan fingerprint density at radius 1 is 1.58 bits per heavy atom. The van der Waals surface area contributed by atoms with Crippen LogP contribution in [0.25, 0.3) is 0 Å². The molecule has 1 atom stereocenters. The molecule has 1 aliphatic rings. The number of nitrogen functional groups attached to an aromatic ring is 1. The first kappa shape index (κ1) is 14.0. The van der Waals surface area contributed by atoms with Gasteiger partial charge in [-0.25, -0.2) is 5.84 Å². The molecular weight excluding hydrogens is 246 g/mol. The number of nitrogens with one attached hydrogen (secondary N) is 1. The van der Waals surface area contributed by atoms with E-state index in [0.717, 1.165) is 18.8 Å². The van der Waals surface area contributed by atoms with Crippen LogP contribution in [0.5, 0.6) is 0 Å². The predicted molar refractivity (Wildman–Crippen MR) is 70.3 cm³/mol. The molecule has 1 aliphatic heterocycles. The number of rotatable bonds is 3. The van der Waals surface area contributed by atoms with Gasteiger partial charge in [-0.2, -0.15) is 0 Å². The van der Waals surface area contributed by atoms with Gasteiger partial charge in [0.05, 0.1) is 18.2 Å². The van der Waals surface area contributed by atoms with E-state index in [9.17, 15) is 4.79 Å². The van der Waals surface area contributed by atoms with Gasteiger partial charge in [-0.15, -0.1) is 0 Å². The molecule has 0 saturated carbocycles. The zero-order valence-electron chi connectivity index (χ0n) is 11.6. The molecule has 106 valence electrons. The van der Waals surface area contributed by atoms with Crippen LogP contribution >= 0.6 is 0 Å². The monoisotopic (exact) mass is 267 g/mol. The number of furan rings is 1. The van der Waals surface area contributed by atoms with Crippen LogP contribution in [-0.4, -0.2) is 35.6 Å². The molecule has 1 fully saturated rings. The van der Waals surface area contributed by atoms with Crippen LogP contribution in [0.2, 0.25) is 0 Å². The topological polar surface area (TPSA) is 80.7 Å². The van der Waals surface area contributed by atoms with Crippen LogP contribution < -0.4 is 11.3 Å². The lowest BCUT2D eigenvalue weighted by atomic mass is 10.1. The quantitative estimate of drug-likeness (QED) is 0.483. The second-order valence-corrected chi connectivity index (χ2v) is 5.60. The second-order valence-electron chi connectivity index (χ2n) is 5.60. The number of hydrogen-bond donors (Lipinski definition) is 2. The van der Waals surface area contributed by atoms with Gasteiger partial charge in [0.15, 0.2) is 5.76 Å². The average Bonchev–Trinajstić information content (AvgIpc) is 2.73. The van der Waals surface area contributed by atoms with Crippen LogP contribution in [0.15, 0.2) is 16.5 Å². The van der Waals surface area contributed by atoms with Crippen molar-refractivity contribution in [2.75, 3.05) is 13.1 Å². The zero-order chi connectivity index (χ0) is 14.0. The number of nitrogens with two attached hydrogens (primary N) is 1. The molecule has 0 radical (unpaired) electrons. The largest absolute Gasteiger partial charge is 0.455 e. The summed E-state index contributed by atoms with van der Waals surface area (Å²) in [6.45, 7) is 8.55. The molecule has 1 unspecified atom stereocenters. The first-order valence-electron chi connectivity index (χ1n) is 6.39. The summed E-state index contributed by atoms with van der Waals surface area (Å²) in [5.74, 6) is 5.64. The average molecular weight is 267 g/mol. The summed E-state index contributed by atoms with van der Waals surface area (Å²) in [7, 11) is 0. The Morgan fingerprint density at radius 3 is 2.95 bits per heavy atom. The van der Waals surface area contributed by atoms with Gasteiger partial charge < -0.3 is 9.15 Å². The van der Waals surface area contributed by atoms with Crippen LogP contribution in [0, 0.1) is 0 Å². The van der Waals surface area contributed by atoms with E-state index < -0.39 is 5.91 Å². The van der Waals surface area contributed by atoms with Gasteiger partial charge in [0.2, 0.25) is 0 Å². The molecule has 6 heteroatoms. The Balaban J connectivity index is 2.01. The van der Waals surface area contributed by atoms with E-state index in [2.05, 4.69) is 31.1 Å². The van der Waals surface area contributed by atoms with E-state index >= 15 is 0 Å². The number of carbonyl (C=O) groups is 1. The Hall–Kier alpha value is -1.37. The molecule has 2 rings (SSSR count). The zero-order valence-corrected chi connectivity index (χ0v) is 11.6. The fourth-order valence-electron chi connectivity index (χ4n) is 2.58. The highest BCUT2D eigenvalue weighted by atomic mass is 16.5. The predicted octanol–water partition coefficient (Wildman–Crippen LogP) is 0.882. The molecule has 0 bridgehead atoms. The van der Waals surface area contributed by atoms with E-state index in [1.165, 1.54) is 0 Å². The second kappa shape index (κ2) is 5.32. The maximum atomic E-state index is 11.3. The standard InChI is InChI=1S/C13H21N3O3/c1-9-6-16(8-13(2,3)19-9)7-10-4-5-11(18-10)12(17)15-14/h4-5,9H,6-8,14H2,1-3H3,(H,15,17). The third-order valence-corrected chi connectivity index (χ3v) is 3.04. The molecule has 3 N–H and O–H groups in total. The molecule has 1 saturated heterocycles. The molecule has 0 aromatic carbocycles. The fraction of sp³-hybridized carbons (Fsp3) is 0.615. The normalized spacial score (nSPS) is 23.3. The third-order valence-electron chi connectivity index (χ3n) is 3.04. The van der Waals surface area contributed by atoms with Crippen molar-refractivity contribution >= 4 is 5.91 Å². The summed E-state index contributed by atoms with van der Waals surface area (Å²) in [5, 5.41) is 0. The molecule has 19 heavy (non-hydrogen) atoms. The van der Waals surface area contributed by atoms with Crippen molar-refractivity contribution < 1.29 is 13.9 Å². The highest BCUT2D eigenvalue weighted by Crippen LogP contribution is 2.22. The van der Waals surface area contributed by atoms with E-state index in [1.54, 1.807) is 12.1 Å². The minimum Gasteiger partial charge on any atom is -0.455 e. The number of amides is 1. The third kappa shape index (κ3) is 3.56. The van der Waals surface area contributed by atoms with Crippen LogP contribution in [0.3, 0.4) is 0 Å². The maximum absolute atomic E-state index is 11.3. The lowest BCUT2D eigenvalue weighted by Gasteiger charge is -2.41. The van der Waals surface area contributed by atoms with Gasteiger partial charge in [0.25, 0.3) is 0 Å². The Morgan fingerprint density at radius 2 is 2.32 bits per heavy atom. The van der Waals surface area contributed by atoms with Crippen molar-refractivity contribution in [3.8, 4) is 0 Å². The van der Waals surface area contributed by atoms with Crippen molar-refractivity contribution in [2.24, 2.45) is 5.84 Å². The molecule has 2 heterocycles. The summed E-state index contributed by atoms with van der Waals surface area (Å²) >= 11 is 0. The number of hydrazine groups is 1. The Labute approximate surface area is 112 Å². The molecule has 6 nitrogen and oxygen atoms in total. The number of nitrogens with zero attached hydrogens (tertiary/aromatic N) is 1. The van der Waals surface area contributed by atoms with Crippen LogP contribution in [-0.2, 0) is 11.3 Å². The lowest BCUT2D eigenvalue weighted by molar-refractivity contribution is -0.131. The van der Waals surface area contributed by atoms with E-state index in [4.69, 9.17) is 15.0 Å². The number of ether oxygens (including phenoxy) is 1. The highest BCUT2D eigenvalue weighted by molar-refractivity contribution is 5.90. The van der Waals surface area contributed by atoms with Crippen molar-refractivity contribution in [3.63, 3.8) is 0 Å². The maximum Gasteiger partial charge on any atom is 0.300 e. The van der Waals surface area contributed by atoms with Crippen molar-refractivity contribution in [1.82, 2.24) is 10.3 Å². The summed E-state index contributed by atoms with van der Waals surface area (Å²) in [6.07, 6.45) is 0.186. The van der Waals surface area contributed by atoms with E-state index in [-0.39, 0.29) is 17.5 Å². The van der Waals surface area contributed by atoms with Crippen LogP contribution in [0.1, 0.15) is 37.1 Å². The molecule has 1 amide bonds. The summed E-state index contributed by atoms with van der Waals surface area (Å²) in [4.78, 5) is 13.6. The Bertz CT molecular complexity index is 456. The summed E-state index contributed by atoms with van der Waals surface area (Å²) in [5.41, 5.74) is 1.89. The molecular formula is C13H21N3O3. The van der Waals surface area contributed by atoms with Gasteiger partial charge in [-0.1, -0.05) is 0 Å². The first-order valence-corrected chi connectivity index (χ1v) is 6.39. The number of hydrogen-bond acceptors (Lipinski definition) is 5. The van der Waals surface area contributed by atoms with Gasteiger partial charge in [-0.05, 0) is 32.9 Å². The Kier molecular flexibility index (Phi) is 3.93. The number of morpholine rings is 1. The van der Waals surface area contributed by atoms with Crippen molar-refractivity contribution in [3.05, 3.63) is 23.7 Å². The van der Waals surface area contributed by atoms with Crippen LogP contribution in [0.4, 0.5) is 0 Å². The van der Waals surface area contributed by atoms with Gasteiger partial charge in [0, 0.05) is 13.1 Å². The van der Waals surface area contributed by atoms with E-state index in [1.807, 2.05) is 0 Å². The van der Waals surface area contributed by atoms with Gasteiger partial charge in [-0.3, -0.25) is 15.1 Å². The molecule has 1 aromatic rings. The first-order chi connectivity index (χ1) is 8.89.